The molecule has 7 nitrogen and oxygen atoms in total. The van der Waals surface area contributed by atoms with Gasteiger partial charge in [-0.25, -0.2) is 4.79 Å². The van der Waals surface area contributed by atoms with Crippen LogP contribution in [0, 0.1) is 0 Å². The van der Waals surface area contributed by atoms with E-state index in [-0.39, 0.29) is 30.2 Å². The van der Waals surface area contributed by atoms with Gasteiger partial charge in [0.25, 0.3) is 5.91 Å². The maximum atomic E-state index is 12.1. The zero-order valence-electron chi connectivity index (χ0n) is 12.1. The summed E-state index contributed by atoms with van der Waals surface area (Å²) in [6.07, 6.45) is 1.12. The molecule has 3 heterocycles. The van der Waals surface area contributed by atoms with Gasteiger partial charge in [-0.3, -0.25) is 9.59 Å². The second-order valence-corrected chi connectivity index (χ2v) is 7.28. The summed E-state index contributed by atoms with van der Waals surface area (Å²) in [6, 6.07) is 3.28. The summed E-state index contributed by atoms with van der Waals surface area (Å²) in [6.45, 7) is 0.0776. The van der Waals surface area contributed by atoms with E-state index in [4.69, 9.17) is 10.5 Å². The zero-order valence-corrected chi connectivity index (χ0v) is 13.7. The maximum Gasteiger partial charge on any atom is 0.404 e. The van der Waals surface area contributed by atoms with Gasteiger partial charge in [0.15, 0.2) is 0 Å². The second-order valence-electron chi connectivity index (χ2n) is 5.14. The quantitative estimate of drug-likeness (QED) is 0.758. The fourth-order valence-electron chi connectivity index (χ4n) is 2.40. The molecule has 1 unspecified atom stereocenters. The lowest BCUT2D eigenvalue weighted by Crippen LogP contribution is -2.68. The lowest BCUT2D eigenvalue weighted by Gasteiger charge is -2.47. The number of thiophene rings is 1. The van der Waals surface area contributed by atoms with Gasteiger partial charge in [0.05, 0.1) is 6.42 Å². The largest absolute Gasteiger partial charge is 0.445 e. The van der Waals surface area contributed by atoms with Crippen LogP contribution in [-0.2, 0) is 20.7 Å². The Morgan fingerprint density at radius 2 is 2.30 bits per heavy atom. The summed E-state index contributed by atoms with van der Waals surface area (Å²) in [7, 11) is 0. The number of primary amides is 1. The minimum absolute atomic E-state index is 0.0776. The van der Waals surface area contributed by atoms with Crippen molar-refractivity contribution in [1.82, 2.24) is 10.2 Å². The molecule has 0 saturated carbocycles. The van der Waals surface area contributed by atoms with Gasteiger partial charge in [-0.05, 0) is 17.0 Å². The third-order valence-corrected chi connectivity index (χ3v) is 5.73. The first kappa shape index (κ1) is 15.9. The SMILES string of the molecule is NC(=O)OCC1=CN2C(=O)C(NC(=O)Cc3cccs3)[C@H]2SC1. The highest BCUT2D eigenvalue weighted by atomic mass is 32.2. The number of fused-ring (bicyclic) bond motifs is 1. The van der Waals surface area contributed by atoms with Crippen molar-refractivity contribution < 1.29 is 19.1 Å². The summed E-state index contributed by atoms with van der Waals surface area (Å²) >= 11 is 3.04. The molecule has 0 radical (unpaired) electrons. The lowest BCUT2D eigenvalue weighted by molar-refractivity contribution is -0.144. The van der Waals surface area contributed by atoms with Crippen LogP contribution in [0.4, 0.5) is 4.79 Å². The molecule has 1 fully saturated rings. The summed E-state index contributed by atoms with van der Waals surface area (Å²) in [4.78, 5) is 37.3. The van der Waals surface area contributed by atoms with Crippen molar-refractivity contribution in [3.8, 4) is 0 Å². The predicted molar refractivity (Wildman–Crippen MR) is 86.7 cm³/mol. The Labute approximate surface area is 140 Å². The van der Waals surface area contributed by atoms with Crippen molar-refractivity contribution >= 4 is 41.0 Å². The second kappa shape index (κ2) is 6.63. The van der Waals surface area contributed by atoms with Crippen LogP contribution in [0.5, 0.6) is 0 Å². The number of ether oxygens (including phenoxy) is 1. The number of hydrogen-bond acceptors (Lipinski definition) is 6. The van der Waals surface area contributed by atoms with Gasteiger partial charge < -0.3 is 20.7 Å². The monoisotopic (exact) mass is 353 g/mol. The molecule has 23 heavy (non-hydrogen) atoms. The molecular weight excluding hydrogens is 338 g/mol. The molecule has 1 saturated heterocycles. The van der Waals surface area contributed by atoms with Crippen LogP contribution < -0.4 is 11.1 Å². The molecule has 0 spiro atoms. The highest BCUT2D eigenvalue weighted by molar-refractivity contribution is 8.00. The third-order valence-electron chi connectivity index (χ3n) is 3.47. The molecule has 1 aromatic heterocycles. The van der Waals surface area contributed by atoms with Crippen molar-refractivity contribution in [3.05, 3.63) is 34.2 Å². The van der Waals surface area contributed by atoms with Crippen molar-refractivity contribution in [2.24, 2.45) is 5.73 Å². The Hall–Kier alpha value is -2.00. The number of rotatable bonds is 5. The van der Waals surface area contributed by atoms with Crippen LogP contribution in [0.15, 0.2) is 29.3 Å². The van der Waals surface area contributed by atoms with Gasteiger partial charge >= 0.3 is 6.09 Å². The molecule has 1 aromatic rings. The molecule has 2 aliphatic heterocycles. The van der Waals surface area contributed by atoms with Crippen molar-refractivity contribution in [2.45, 2.75) is 17.8 Å². The van der Waals surface area contributed by atoms with Gasteiger partial charge in [0, 0.05) is 16.8 Å². The lowest BCUT2D eigenvalue weighted by atomic mass is 10.1. The Kier molecular flexibility index (Phi) is 4.58. The number of amides is 3. The normalized spacial score (nSPS) is 22.7. The summed E-state index contributed by atoms with van der Waals surface area (Å²) in [5.74, 6) is 0.315. The standard InChI is InChI=1S/C14H15N3O4S2/c15-14(20)21-6-8-5-17-12(19)11(13(17)23-7-8)16-10(18)4-9-2-1-3-22-9/h1-3,5,11,13H,4,6-7H2,(H2,15,20)(H,16,18)/t11?,13-/m1/s1. The van der Waals surface area contributed by atoms with E-state index in [1.807, 2.05) is 17.5 Å². The summed E-state index contributed by atoms with van der Waals surface area (Å²) < 4.78 is 4.73. The van der Waals surface area contributed by atoms with Crippen LogP contribution in [0.1, 0.15) is 4.88 Å². The number of hydrogen-bond donors (Lipinski definition) is 2. The van der Waals surface area contributed by atoms with E-state index in [2.05, 4.69) is 5.32 Å². The van der Waals surface area contributed by atoms with Crippen molar-refractivity contribution in [1.29, 1.82) is 0 Å². The first-order valence-electron chi connectivity index (χ1n) is 6.92. The molecule has 3 amide bonds. The van der Waals surface area contributed by atoms with Crippen LogP contribution in [-0.4, -0.2) is 46.6 Å². The first-order chi connectivity index (χ1) is 11.0. The number of β-lactam (4-membered cyclic amide) rings is 1. The highest BCUT2D eigenvalue weighted by Crippen LogP contribution is 2.36. The van der Waals surface area contributed by atoms with E-state index in [0.29, 0.717) is 5.75 Å². The van der Waals surface area contributed by atoms with Gasteiger partial charge in [-0.1, -0.05) is 6.07 Å². The van der Waals surface area contributed by atoms with Crippen LogP contribution in [0.2, 0.25) is 0 Å². The fraction of sp³-hybridized carbons (Fsp3) is 0.357. The Morgan fingerprint density at radius 3 is 3.00 bits per heavy atom. The van der Waals surface area contributed by atoms with E-state index in [1.54, 1.807) is 11.1 Å². The molecule has 122 valence electrons. The molecule has 2 aliphatic rings. The summed E-state index contributed by atoms with van der Waals surface area (Å²) in [5, 5.41) is 4.60. The molecule has 9 heteroatoms. The van der Waals surface area contributed by atoms with Crippen molar-refractivity contribution in [2.75, 3.05) is 12.4 Å². The average Bonchev–Trinajstić information content (AvgIpc) is 3.03. The minimum Gasteiger partial charge on any atom is -0.445 e. The molecule has 2 atom stereocenters. The van der Waals surface area contributed by atoms with Gasteiger partial charge in [0.2, 0.25) is 5.91 Å². The van der Waals surface area contributed by atoms with E-state index < -0.39 is 12.1 Å². The Bertz CT molecular complexity index is 659. The van der Waals surface area contributed by atoms with Crippen LogP contribution in [0.3, 0.4) is 0 Å². The molecule has 0 aliphatic carbocycles. The van der Waals surface area contributed by atoms with E-state index >= 15 is 0 Å². The van der Waals surface area contributed by atoms with E-state index in [1.165, 1.54) is 23.1 Å². The third kappa shape index (κ3) is 3.50. The maximum absolute atomic E-state index is 12.1. The average molecular weight is 353 g/mol. The first-order valence-corrected chi connectivity index (χ1v) is 8.85. The molecule has 0 aromatic carbocycles. The van der Waals surface area contributed by atoms with Crippen LogP contribution >= 0.6 is 23.1 Å². The molecule has 0 bridgehead atoms. The fourth-order valence-corrected chi connectivity index (χ4v) is 4.35. The number of carbonyl (C=O) groups is 3. The van der Waals surface area contributed by atoms with Gasteiger partial charge in [-0.2, -0.15) is 0 Å². The minimum atomic E-state index is -0.841. The smallest absolute Gasteiger partial charge is 0.404 e. The molecule has 3 N–H and O–H groups in total. The summed E-state index contributed by atoms with van der Waals surface area (Å²) in [5.41, 5.74) is 5.73. The van der Waals surface area contributed by atoms with Crippen LogP contribution in [0.25, 0.3) is 0 Å². The Morgan fingerprint density at radius 1 is 1.48 bits per heavy atom. The number of nitrogens with zero attached hydrogens (tertiary/aromatic N) is 1. The van der Waals surface area contributed by atoms with Crippen molar-refractivity contribution in [3.63, 3.8) is 0 Å². The highest BCUT2D eigenvalue weighted by Gasteiger charge is 2.49. The topological polar surface area (TPSA) is 102 Å². The predicted octanol–water partition coefficient (Wildman–Crippen LogP) is 0.670. The number of thioether (sulfide) groups is 1. The molecule has 3 rings (SSSR count). The molecular formula is C14H15N3O4S2. The van der Waals surface area contributed by atoms with E-state index in [0.717, 1.165) is 10.5 Å². The zero-order chi connectivity index (χ0) is 16.4. The number of carbonyl (C=O) groups excluding carboxylic acids is 3. The van der Waals surface area contributed by atoms with Gasteiger partial charge in [-0.15, -0.1) is 23.1 Å². The van der Waals surface area contributed by atoms with E-state index in [9.17, 15) is 14.4 Å². The number of nitrogens with two attached hydrogens (primary N) is 1. The number of nitrogens with one attached hydrogen (secondary N) is 1. The Balaban J connectivity index is 1.54. The van der Waals surface area contributed by atoms with Gasteiger partial charge in [0.1, 0.15) is 18.0 Å².